The number of anilines is 1. The molecule has 4 heteroatoms. The Balaban J connectivity index is 0.00000300. The van der Waals surface area contributed by atoms with Crippen LogP contribution in [0.1, 0.15) is 24.5 Å². The first-order valence-corrected chi connectivity index (χ1v) is 9.66. The molecule has 0 heterocycles. The van der Waals surface area contributed by atoms with Gasteiger partial charge in [-0.25, -0.2) is 0 Å². The second-order valence-electron chi connectivity index (χ2n) is 7.43. The summed E-state index contributed by atoms with van der Waals surface area (Å²) in [7, 11) is 4.14. The average Bonchev–Trinajstić information content (AvgIpc) is 2.73. The van der Waals surface area contributed by atoms with E-state index in [9.17, 15) is 4.79 Å². The molecule has 0 saturated heterocycles. The molecule has 152 valence electrons. The summed E-state index contributed by atoms with van der Waals surface area (Å²) in [5, 5.41) is 3.07. The summed E-state index contributed by atoms with van der Waals surface area (Å²) in [6, 6.07) is 30.5. The van der Waals surface area contributed by atoms with Crippen LogP contribution in [0.2, 0.25) is 0 Å². The number of nitrogens with one attached hydrogen (secondary N) is 1. The molecule has 1 atom stereocenters. The van der Waals surface area contributed by atoms with Gasteiger partial charge in [-0.15, -0.1) is 12.4 Å². The molecular weight excluding hydrogens is 380 g/mol. The Hall–Kier alpha value is -2.62. The van der Waals surface area contributed by atoms with Crippen molar-refractivity contribution in [2.75, 3.05) is 19.4 Å². The molecule has 0 aliphatic rings. The van der Waals surface area contributed by atoms with Gasteiger partial charge in [0.2, 0.25) is 5.91 Å². The second-order valence-corrected chi connectivity index (χ2v) is 7.43. The molecule has 0 saturated carbocycles. The minimum atomic E-state index is -0.467. The molecule has 0 spiro atoms. The zero-order valence-electron chi connectivity index (χ0n) is 17.2. The molecule has 0 aliphatic carbocycles. The van der Waals surface area contributed by atoms with Crippen molar-refractivity contribution in [2.24, 2.45) is 0 Å². The first-order chi connectivity index (χ1) is 13.5. The van der Waals surface area contributed by atoms with E-state index in [-0.39, 0.29) is 24.4 Å². The van der Waals surface area contributed by atoms with Gasteiger partial charge >= 0.3 is 0 Å². The van der Waals surface area contributed by atoms with Gasteiger partial charge in [0.15, 0.2) is 0 Å². The Morgan fingerprint density at radius 3 is 1.66 bits per heavy atom. The fourth-order valence-corrected chi connectivity index (χ4v) is 3.89. The number of hydrogen-bond acceptors (Lipinski definition) is 2. The quantitative estimate of drug-likeness (QED) is 0.569. The third-order valence-corrected chi connectivity index (χ3v) is 5.56. The third-order valence-electron chi connectivity index (χ3n) is 5.56. The summed E-state index contributed by atoms with van der Waals surface area (Å²) >= 11 is 0. The number of para-hydroxylation sites is 1. The van der Waals surface area contributed by atoms with E-state index in [1.807, 2.05) is 66.7 Å². The molecule has 0 radical (unpaired) electrons. The molecule has 3 aromatic carbocycles. The molecule has 3 rings (SSSR count). The molecular formula is C25H29ClN2O. The molecule has 1 N–H and O–H groups in total. The Kier molecular flexibility index (Phi) is 8.00. The lowest BCUT2D eigenvalue weighted by molar-refractivity contribution is -0.117. The van der Waals surface area contributed by atoms with Gasteiger partial charge in [-0.2, -0.15) is 0 Å². The van der Waals surface area contributed by atoms with Crippen molar-refractivity contribution in [3.63, 3.8) is 0 Å². The fraction of sp³-hybridized carbons (Fsp3) is 0.240. The summed E-state index contributed by atoms with van der Waals surface area (Å²) in [6.07, 6.45) is 0.356. The normalized spacial score (nSPS) is 12.1. The molecule has 0 aliphatic heterocycles. The van der Waals surface area contributed by atoms with E-state index >= 15 is 0 Å². The van der Waals surface area contributed by atoms with E-state index in [0.717, 1.165) is 16.8 Å². The van der Waals surface area contributed by atoms with E-state index < -0.39 is 5.41 Å². The minimum Gasteiger partial charge on any atom is -0.326 e. The maximum absolute atomic E-state index is 13.2. The third kappa shape index (κ3) is 5.06. The first-order valence-electron chi connectivity index (χ1n) is 9.66. The largest absolute Gasteiger partial charge is 0.326 e. The van der Waals surface area contributed by atoms with Crippen LogP contribution in [0.15, 0.2) is 91.0 Å². The zero-order valence-corrected chi connectivity index (χ0v) is 18.0. The molecule has 0 aromatic heterocycles. The van der Waals surface area contributed by atoms with E-state index in [1.165, 1.54) is 0 Å². The van der Waals surface area contributed by atoms with Crippen molar-refractivity contribution in [1.29, 1.82) is 0 Å². The molecule has 3 aromatic rings. The van der Waals surface area contributed by atoms with E-state index in [2.05, 4.69) is 55.5 Å². The number of halogens is 1. The maximum atomic E-state index is 13.2. The summed E-state index contributed by atoms with van der Waals surface area (Å²) in [5.74, 6) is 0.00704. The number of amides is 1. The monoisotopic (exact) mass is 408 g/mol. The standard InChI is InChI=1S/C25H28N2O.ClH/c1-20(27(2)3)25(21-13-7-4-8-14-21,22-15-9-5-10-16-22)19-24(28)26-23-17-11-6-12-18-23;/h4-18,20H,19H2,1-3H3,(H,26,28);1H. The first kappa shape index (κ1) is 22.7. The highest BCUT2D eigenvalue weighted by Crippen LogP contribution is 2.41. The van der Waals surface area contributed by atoms with Gasteiger partial charge in [-0.3, -0.25) is 4.79 Å². The highest BCUT2D eigenvalue weighted by atomic mass is 35.5. The predicted octanol–water partition coefficient (Wildman–Crippen LogP) is 5.37. The van der Waals surface area contributed by atoms with Crippen LogP contribution in [0, 0.1) is 0 Å². The Bertz CT molecular complexity index is 843. The van der Waals surface area contributed by atoms with Crippen LogP contribution in [-0.2, 0) is 10.2 Å². The summed E-state index contributed by atoms with van der Waals surface area (Å²) in [4.78, 5) is 15.4. The van der Waals surface area contributed by atoms with Gasteiger partial charge in [0, 0.05) is 23.6 Å². The smallest absolute Gasteiger partial charge is 0.225 e. The summed E-state index contributed by atoms with van der Waals surface area (Å²) in [6.45, 7) is 2.19. The van der Waals surface area contributed by atoms with Crippen molar-refractivity contribution in [3.8, 4) is 0 Å². The summed E-state index contributed by atoms with van der Waals surface area (Å²) < 4.78 is 0. The number of likely N-dealkylation sites (N-methyl/N-ethyl adjacent to an activating group) is 1. The van der Waals surface area contributed by atoms with Gasteiger partial charge in [-0.1, -0.05) is 78.9 Å². The molecule has 1 amide bonds. The topological polar surface area (TPSA) is 32.3 Å². The SMILES string of the molecule is CC(N(C)C)C(CC(=O)Nc1ccccc1)(c1ccccc1)c1ccccc1.Cl. The minimum absolute atomic E-state index is 0. The average molecular weight is 409 g/mol. The van der Waals surface area contributed by atoms with Gasteiger partial charge in [0.1, 0.15) is 0 Å². The maximum Gasteiger partial charge on any atom is 0.225 e. The van der Waals surface area contributed by atoms with Crippen LogP contribution >= 0.6 is 12.4 Å². The highest BCUT2D eigenvalue weighted by molar-refractivity contribution is 5.92. The van der Waals surface area contributed by atoms with Gasteiger partial charge in [0.25, 0.3) is 0 Å². The number of carbonyl (C=O) groups excluding carboxylic acids is 1. The van der Waals surface area contributed by atoms with Crippen molar-refractivity contribution in [1.82, 2.24) is 4.90 Å². The Morgan fingerprint density at radius 2 is 1.24 bits per heavy atom. The zero-order chi connectivity index (χ0) is 20.0. The van der Waals surface area contributed by atoms with Crippen molar-refractivity contribution in [2.45, 2.75) is 24.8 Å². The van der Waals surface area contributed by atoms with Gasteiger partial charge in [0.05, 0.1) is 0 Å². The fourth-order valence-electron chi connectivity index (χ4n) is 3.89. The number of rotatable bonds is 7. The number of carbonyl (C=O) groups is 1. The van der Waals surface area contributed by atoms with Crippen LogP contribution in [0.5, 0.6) is 0 Å². The van der Waals surface area contributed by atoms with Crippen LogP contribution in [-0.4, -0.2) is 30.9 Å². The van der Waals surface area contributed by atoms with Crippen molar-refractivity contribution >= 4 is 24.0 Å². The van der Waals surface area contributed by atoms with E-state index in [4.69, 9.17) is 0 Å². The van der Waals surface area contributed by atoms with Crippen LogP contribution in [0.3, 0.4) is 0 Å². The van der Waals surface area contributed by atoms with Crippen LogP contribution < -0.4 is 5.32 Å². The van der Waals surface area contributed by atoms with E-state index in [0.29, 0.717) is 6.42 Å². The van der Waals surface area contributed by atoms with Gasteiger partial charge < -0.3 is 10.2 Å². The Labute approximate surface area is 180 Å². The van der Waals surface area contributed by atoms with Crippen molar-refractivity contribution < 1.29 is 4.79 Å². The number of benzene rings is 3. The van der Waals surface area contributed by atoms with Crippen LogP contribution in [0.25, 0.3) is 0 Å². The predicted molar refractivity (Wildman–Crippen MR) is 124 cm³/mol. The van der Waals surface area contributed by atoms with E-state index in [1.54, 1.807) is 0 Å². The molecule has 0 fully saturated rings. The summed E-state index contributed by atoms with van der Waals surface area (Å²) in [5.41, 5.74) is 2.64. The highest BCUT2D eigenvalue weighted by Gasteiger charge is 2.42. The lowest BCUT2D eigenvalue weighted by Crippen LogP contribution is -2.49. The lowest BCUT2D eigenvalue weighted by atomic mass is 9.66. The molecule has 1 unspecified atom stereocenters. The molecule has 0 bridgehead atoms. The Morgan fingerprint density at radius 1 is 0.828 bits per heavy atom. The number of hydrogen-bond donors (Lipinski definition) is 1. The second kappa shape index (κ2) is 10.2. The lowest BCUT2D eigenvalue weighted by Gasteiger charge is -2.43. The van der Waals surface area contributed by atoms with Crippen LogP contribution in [0.4, 0.5) is 5.69 Å². The van der Waals surface area contributed by atoms with Gasteiger partial charge in [-0.05, 0) is 44.3 Å². The van der Waals surface area contributed by atoms with Crippen molar-refractivity contribution in [3.05, 3.63) is 102 Å². The number of nitrogens with zero attached hydrogens (tertiary/aromatic N) is 1. The molecule has 3 nitrogen and oxygen atoms in total. The molecule has 29 heavy (non-hydrogen) atoms.